The molecule has 0 N–H and O–H groups in total. The van der Waals surface area contributed by atoms with Gasteiger partial charge in [-0.15, -0.1) is 0 Å². The van der Waals surface area contributed by atoms with Crippen LogP contribution in [0.15, 0.2) is 24.3 Å². The van der Waals surface area contributed by atoms with Crippen molar-refractivity contribution >= 4 is 18.3 Å². The highest BCUT2D eigenvalue weighted by Crippen LogP contribution is 2.21. The van der Waals surface area contributed by atoms with Crippen LogP contribution in [0, 0.1) is 12.0 Å². The highest BCUT2D eigenvalue weighted by Gasteiger charge is 2.33. The van der Waals surface area contributed by atoms with Crippen LogP contribution in [0.5, 0.6) is 0 Å². The molecule has 0 radical (unpaired) electrons. The van der Waals surface area contributed by atoms with Crippen molar-refractivity contribution in [3.05, 3.63) is 35.7 Å². The Kier molecular flexibility index (Phi) is 3.00. The lowest BCUT2D eigenvalue weighted by Crippen LogP contribution is -2.47. The summed E-state index contributed by atoms with van der Waals surface area (Å²) in [5.74, 6) is 0. The Morgan fingerprint density at radius 2 is 2.00 bits per heavy atom. The molecule has 0 atom stereocenters. The normalized spacial score (nSPS) is 19.2. The molecule has 3 nitrogen and oxygen atoms in total. The minimum atomic E-state index is -0.324. The number of hydrogen-bond donors (Lipinski definition) is 0. The van der Waals surface area contributed by atoms with Gasteiger partial charge in [-0.05, 0) is 5.46 Å². The van der Waals surface area contributed by atoms with E-state index in [9.17, 15) is 0 Å². The van der Waals surface area contributed by atoms with Crippen molar-refractivity contribution in [2.45, 2.75) is 13.8 Å². The Morgan fingerprint density at radius 1 is 1.31 bits per heavy atom. The first-order chi connectivity index (χ1) is 7.61. The van der Waals surface area contributed by atoms with Gasteiger partial charge in [0.25, 0.3) is 0 Å². The lowest BCUT2D eigenvalue weighted by molar-refractivity contribution is 0.0343. The molecule has 16 heavy (non-hydrogen) atoms. The summed E-state index contributed by atoms with van der Waals surface area (Å²) in [7, 11) is -0.324. The van der Waals surface area contributed by atoms with Crippen molar-refractivity contribution in [3.63, 3.8) is 0 Å². The second-order valence-electron chi connectivity index (χ2n) is 4.82. The SMILES string of the molecule is [C-]#[N+]c1cccc(B2OCC(C)(C)CO2)c1. The molecule has 1 fully saturated rings. The Labute approximate surface area is 96.3 Å². The van der Waals surface area contributed by atoms with Crippen molar-refractivity contribution in [3.8, 4) is 0 Å². The van der Waals surface area contributed by atoms with Gasteiger partial charge in [0.2, 0.25) is 0 Å². The zero-order chi connectivity index (χ0) is 11.6. The molecule has 0 bridgehead atoms. The lowest BCUT2D eigenvalue weighted by Gasteiger charge is -2.33. The summed E-state index contributed by atoms with van der Waals surface area (Å²) in [5, 5.41) is 0. The topological polar surface area (TPSA) is 22.8 Å². The highest BCUT2D eigenvalue weighted by molar-refractivity contribution is 6.61. The maximum Gasteiger partial charge on any atom is 0.492 e. The van der Waals surface area contributed by atoms with Gasteiger partial charge >= 0.3 is 7.12 Å². The standard InChI is InChI=1S/C12H14BNO2/c1-12(2)8-15-13(16-9-12)10-5-4-6-11(7-10)14-3/h4-7H,8-9H2,1-2H3. The molecule has 0 spiro atoms. The predicted octanol–water partition coefficient (Wildman–Crippen LogP) is 2.01. The van der Waals surface area contributed by atoms with Gasteiger partial charge in [-0.2, -0.15) is 0 Å². The first kappa shape index (κ1) is 11.2. The quantitative estimate of drug-likeness (QED) is 0.528. The van der Waals surface area contributed by atoms with Gasteiger partial charge < -0.3 is 9.31 Å². The lowest BCUT2D eigenvalue weighted by atomic mass is 9.76. The molecule has 1 aliphatic heterocycles. The first-order valence-corrected chi connectivity index (χ1v) is 5.31. The molecule has 0 saturated carbocycles. The van der Waals surface area contributed by atoms with E-state index in [1.807, 2.05) is 18.2 Å². The Morgan fingerprint density at radius 3 is 2.62 bits per heavy atom. The Bertz CT molecular complexity index is 415. The van der Waals surface area contributed by atoms with Gasteiger partial charge in [0.1, 0.15) is 0 Å². The fraction of sp³-hybridized carbons (Fsp3) is 0.417. The van der Waals surface area contributed by atoms with Crippen LogP contribution in [0.25, 0.3) is 4.85 Å². The zero-order valence-electron chi connectivity index (χ0n) is 9.56. The third kappa shape index (κ3) is 2.44. The van der Waals surface area contributed by atoms with E-state index < -0.39 is 0 Å². The average molecular weight is 215 g/mol. The molecule has 2 rings (SSSR count). The predicted molar refractivity (Wildman–Crippen MR) is 63.8 cm³/mol. The summed E-state index contributed by atoms with van der Waals surface area (Å²) >= 11 is 0. The van der Waals surface area contributed by atoms with Crippen LogP contribution in [0.3, 0.4) is 0 Å². The number of hydrogen-bond acceptors (Lipinski definition) is 2. The zero-order valence-corrected chi connectivity index (χ0v) is 9.56. The van der Waals surface area contributed by atoms with E-state index in [0.717, 1.165) is 5.46 Å². The van der Waals surface area contributed by atoms with Crippen molar-refractivity contribution in [2.75, 3.05) is 13.2 Å². The highest BCUT2D eigenvalue weighted by atomic mass is 16.6. The van der Waals surface area contributed by atoms with Crippen LogP contribution in [0.1, 0.15) is 13.8 Å². The van der Waals surface area contributed by atoms with E-state index in [1.165, 1.54) is 0 Å². The smallest absolute Gasteiger partial charge is 0.407 e. The minimum absolute atomic E-state index is 0.0773. The second kappa shape index (κ2) is 4.29. The molecule has 1 aromatic carbocycles. The number of benzene rings is 1. The number of rotatable bonds is 1. The van der Waals surface area contributed by atoms with Crippen molar-refractivity contribution in [2.24, 2.45) is 5.41 Å². The maximum absolute atomic E-state index is 6.96. The van der Waals surface area contributed by atoms with E-state index in [0.29, 0.717) is 18.9 Å². The third-order valence-electron chi connectivity index (χ3n) is 2.52. The second-order valence-corrected chi connectivity index (χ2v) is 4.82. The Balaban J connectivity index is 2.11. The third-order valence-corrected chi connectivity index (χ3v) is 2.52. The van der Waals surface area contributed by atoms with Gasteiger partial charge in [0, 0.05) is 18.6 Å². The molecular weight excluding hydrogens is 201 g/mol. The minimum Gasteiger partial charge on any atom is -0.407 e. The molecule has 0 unspecified atom stereocenters. The van der Waals surface area contributed by atoms with Crippen molar-refractivity contribution in [1.29, 1.82) is 0 Å². The van der Waals surface area contributed by atoms with Gasteiger partial charge in [0.05, 0.1) is 6.57 Å². The van der Waals surface area contributed by atoms with Gasteiger partial charge in [-0.3, -0.25) is 0 Å². The summed E-state index contributed by atoms with van der Waals surface area (Å²) in [6, 6.07) is 7.38. The van der Waals surface area contributed by atoms with E-state index in [1.54, 1.807) is 6.07 Å². The molecule has 0 aromatic heterocycles. The summed E-state index contributed by atoms with van der Waals surface area (Å²) in [5.41, 5.74) is 1.62. The van der Waals surface area contributed by atoms with E-state index >= 15 is 0 Å². The van der Waals surface area contributed by atoms with Crippen LogP contribution < -0.4 is 5.46 Å². The van der Waals surface area contributed by atoms with Crippen molar-refractivity contribution in [1.82, 2.24) is 0 Å². The van der Waals surface area contributed by atoms with E-state index in [-0.39, 0.29) is 12.5 Å². The summed E-state index contributed by atoms with van der Waals surface area (Å²) in [6.07, 6.45) is 0. The summed E-state index contributed by atoms with van der Waals surface area (Å²) in [4.78, 5) is 3.39. The van der Waals surface area contributed by atoms with Gasteiger partial charge in [-0.1, -0.05) is 38.1 Å². The molecule has 0 amide bonds. The molecule has 4 heteroatoms. The van der Waals surface area contributed by atoms with Crippen LogP contribution in [0.2, 0.25) is 0 Å². The van der Waals surface area contributed by atoms with E-state index in [2.05, 4.69) is 18.7 Å². The molecule has 0 aliphatic carbocycles. The van der Waals surface area contributed by atoms with E-state index in [4.69, 9.17) is 15.9 Å². The maximum atomic E-state index is 6.96. The first-order valence-electron chi connectivity index (χ1n) is 5.31. The van der Waals surface area contributed by atoms with Crippen LogP contribution in [0.4, 0.5) is 5.69 Å². The Hall–Kier alpha value is -1.31. The number of nitrogens with zero attached hydrogens (tertiary/aromatic N) is 1. The average Bonchev–Trinajstić information content (AvgIpc) is 2.29. The molecule has 1 heterocycles. The molecular formula is C12H14BNO2. The largest absolute Gasteiger partial charge is 0.492 e. The summed E-state index contributed by atoms with van der Waals surface area (Å²) in [6.45, 7) is 12.5. The molecule has 82 valence electrons. The van der Waals surface area contributed by atoms with Crippen molar-refractivity contribution < 1.29 is 9.31 Å². The fourth-order valence-corrected chi connectivity index (χ4v) is 1.63. The van der Waals surface area contributed by atoms with Crippen LogP contribution in [-0.4, -0.2) is 20.3 Å². The van der Waals surface area contributed by atoms with Gasteiger partial charge in [-0.25, -0.2) is 4.85 Å². The monoisotopic (exact) mass is 215 g/mol. The van der Waals surface area contributed by atoms with Crippen LogP contribution >= 0.6 is 0 Å². The van der Waals surface area contributed by atoms with Crippen LogP contribution in [-0.2, 0) is 9.31 Å². The summed E-state index contributed by atoms with van der Waals surface area (Å²) < 4.78 is 11.3. The molecule has 1 saturated heterocycles. The fourth-order valence-electron chi connectivity index (χ4n) is 1.63. The molecule has 1 aliphatic rings. The van der Waals surface area contributed by atoms with Gasteiger partial charge in [0.15, 0.2) is 5.69 Å². The molecule has 1 aromatic rings.